The summed E-state index contributed by atoms with van der Waals surface area (Å²) in [6.07, 6.45) is 0. The molecule has 0 bridgehead atoms. The number of nitrogens with zero attached hydrogens (tertiary/aromatic N) is 2. The fourth-order valence-corrected chi connectivity index (χ4v) is 3.06. The standard InChI is InChI=1S/C24H28N2O8/c1-15-9-7-11-17(19(15)21(27)33-13-23(3,4)25(29)30)18-12-8-10-16(2)20(18)22(28)34-14-24(5,6)26(31)32/h7-12H,13-14H2,1-6H3. The first-order valence-corrected chi connectivity index (χ1v) is 10.5. The Labute approximate surface area is 197 Å². The van der Waals surface area contributed by atoms with Gasteiger partial charge in [0.05, 0.1) is 11.1 Å². The molecular weight excluding hydrogens is 444 g/mol. The predicted octanol–water partition coefficient (Wildman–Crippen LogP) is 4.39. The van der Waals surface area contributed by atoms with Crippen molar-refractivity contribution >= 4 is 11.9 Å². The average molecular weight is 472 g/mol. The van der Waals surface area contributed by atoms with Gasteiger partial charge >= 0.3 is 11.9 Å². The smallest absolute Gasteiger partial charge is 0.339 e. The summed E-state index contributed by atoms with van der Waals surface area (Å²) < 4.78 is 10.5. The van der Waals surface area contributed by atoms with Crippen molar-refractivity contribution in [3.63, 3.8) is 0 Å². The fourth-order valence-electron chi connectivity index (χ4n) is 3.06. The number of carbonyl (C=O) groups excluding carboxylic acids is 2. The van der Waals surface area contributed by atoms with Crippen LogP contribution in [0.1, 0.15) is 59.5 Å². The minimum Gasteiger partial charge on any atom is -0.454 e. The van der Waals surface area contributed by atoms with Crippen molar-refractivity contribution in [1.82, 2.24) is 0 Å². The molecule has 0 amide bonds. The van der Waals surface area contributed by atoms with Gasteiger partial charge < -0.3 is 9.47 Å². The van der Waals surface area contributed by atoms with Crippen LogP contribution in [0.15, 0.2) is 36.4 Å². The van der Waals surface area contributed by atoms with E-state index in [1.165, 1.54) is 27.7 Å². The molecule has 0 saturated heterocycles. The molecule has 10 heteroatoms. The summed E-state index contributed by atoms with van der Waals surface area (Å²) in [4.78, 5) is 47.3. The molecule has 0 aliphatic rings. The highest BCUT2D eigenvalue weighted by Gasteiger charge is 2.35. The van der Waals surface area contributed by atoms with Crippen molar-refractivity contribution in [3.8, 4) is 11.1 Å². The molecule has 10 nitrogen and oxygen atoms in total. The van der Waals surface area contributed by atoms with Crippen molar-refractivity contribution in [2.24, 2.45) is 0 Å². The number of benzene rings is 2. The fraction of sp³-hybridized carbons (Fsp3) is 0.417. The Hall–Kier alpha value is -3.82. The summed E-state index contributed by atoms with van der Waals surface area (Å²) in [5, 5.41) is 22.4. The van der Waals surface area contributed by atoms with Crippen LogP contribution >= 0.6 is 0 Å². The second-order valence-corrected chi connectivity index (χ2v) is 9.29. The molecule has 0 aliphatic carbocycles. The second kappa shape index (κ2) is 9.98. The Kier molecular flexibility index (Phi) is 7.76. The largest absolute Gasteiger partial charge is 0.454 e. The molecule has 0 N–H and O–H groups in total. The zero-order chi connectivity index (χ0) is 25.8. The Morgan fingerprint density at radius 2 is 1.06 bits per heavy atom. The van der Waals surface area contributed by atoms with Crippen LogP contribution in [0.5, 0.6) is 0 Å². The van der Waals surface area contributed by atoms with Gasteiger partial charge in [0.25, 0.3) is 0 Å². The number of hydrogen-bond donors (Lipinski definition) is 0. The van der Waals surface area contributed by atoms with Gasteiger partial charge in [-0.25, -0.2) is 9.59 Å². The Balaban J connectivity index is 2.50. The van der Waals surface area contributed by atoms with Gasteiger partial charge in [-0.05, 0) is 36.1 Å². The summed E-state index contributed by atoms with van der Waals surface area (Å²) in [5.41, 5.74) is -0.755. The van der Waals surface area contributed by atoms with E-state index in [4.69, 9.17) is 9.47 Å². The zero-order valence-electron chi connectivity index (χ0n) is 20.0. The third-order valence-corrected chi connectivity index (χ3v) is 5.35. The second-order valence-electron chi connectivity index (χ2n) is 9.29. The van der Waals surface area contributed by atoms with E-state index in [-0.39, 0.29) is 11.1 Å². The van der Waals surface area contributed by atoms with Crippen LogP contribution in [-0.4, -0.2) is 46.1 Å². The molecule has 0 radical (unpaired) electrons. The number of carbonyl (C=O) groups is 2. The lowest BCUT2D eigenvalue weighted by Crippen LogP contribution is -2.37. The van der Waals surface area contributed by atoms with Gasteiger partial charge in [-0.3, -0.25) is 20.2 Å². The molecule has 0 saturated carbocycles. The summed E-state index contributed by atoms with van der Waals surface area (Å²) in [6.45, 7) is 7.88. The van der Waals surface area contributed by atoms with Crippen LogP contribution in [-0.2, 0) is 9.47 Å². The number of esters is 2. The van der Waals surface area contributed by atoms with E-state index in [1.807, 2.05) is 0 Å². The van der Waals surface area contributed by atoms with Gasteiger partial charge in [0.15, 0.2) is 13.2 Å². The minimum atomic E-state index is -1.47. The highest BCUT2D eigenvalue weighted by Crippen LogP contribution is 2.32. The maximum atomic E-state index is 13.0. The van der Waals surface area contributed by atoms with Gasteiger partial charge in [0.2, 0.25) is 11.1 Å². The molecule has 0 fully saturated rings. The van der Waals surface area contributed by atoms with Crippen molar-refractivity contribution in [2.45, 2.75) is 52.6 Å². The number of ether oxygens (including phenoxy) is 2. The highest BCUT2D eigenvalue weighted by molar-refractivity contribution is 6.04. The average Bonchev–Trinajstić information content (AvgIpc) is 2.75. The van der Waals surface area contributed by atoms with E-state index < -0.39 is 46.1 Å². The monoisotopic (exact) mass is 472 g/mol. The van der Waals surface area contributed by atoms with Crippen molar-refractivity contribution < 1.29 is 28.9 Å². The van der Waals surface area contributed by atoms with Crippen molar-refractivity contribution in [3.05, 3.63) is 78.9 Å². The molecular formula is C24H28N2O8. The molecule has 34 heavy (non-hydrogen) atoms. The topological polar surface area (TPSA) is 139 Å². The van der Waals surface area contributed by atoms with Crippen LogP contribution < -0.4 is 0 Å². The first-order chi connectivity index (χ1) is 15.7. The minimum absolute atomic E-state index is 0.159. The lowest BCUT2D eigenvalue weighted by atomic mass is 9.90. The van der Waals surface area contributed by atoms with Gasteiger partial charge in [-0.1, -0.05) is 36.4 Å². The molecule has 0 aromatic heterocycles. The van der Waals surface area contributed by atoms with E-state index in [9.17, 15) is 29.8 Å². The normalized spacial score (nSPS) is 11.6. The first kappa shape index (κ1) is 26.4. The SMILES string of the molecule is Cc1cccc(-c2cccc(C)c2C(=O)OCC(C)(C)[N+](=O)[O-])c1C(=O)OCC(C)(C)[N+](=O)[O-]. The molecule has 2 aromatic carbocycles. The molecule has 182 valence electrons. The molecule has 0 unspecified atom stereocenters. The van der Waals surface area contributed by atoms with Crippen molar-refractivity contribution in [1.29, 1.82) is 0 Å². The third-order valence-electron chi connectivity index (χ3n) is 5.35. The van der Waals surface area contributed by atoms with Crippen LogP contribution in [0.2, 0.25) is 0 Å². The van der Waals surface area contributed by atoms with E-state index in [0.717, 1.165) is 0 Å². The molecule has 0 spiro atoms. The summed E-state index contributed by atoms with van der Waals surface area (Å²) in [7, 11) is 0. The first-order valence-electron chi connectivity index (χ1n) is 10.5. The number of nitro groups is 2. The van der Waals surface area contributed by atoms with Gasteiger partial charge in [-0.2, -0.15) is 0 Å². The maximum Gasteiger partial charge on any atom is 0.339 e. The van der Waals surface area contributed by atoms with Gasteiger partial charge in [0.1, 0.15) is 0 Å². The quantitative estimate of drug-likeness (QED) is 0.297. The Morgan fingerprint density at radius 1 is 0.735 bits per heavy atom. The van der Waals surface area contributed by atoms with E-state index in [2.05, 4.69) is 0 Å². The van der Waals surface area contributed by atoms with Crippen LogP contribution in [0.25, 0.3) is 11.1 Å². The maximum absolute atomic E-state index is 13.0. The number of hydrogen-bond acceptors (Lipinski definition) is 8. The molecule has 0 aliphatic heterocycles. The Bertz CT molecular complexity index is 1050. The summed E-state index contributed by atoms with van der Waals surface area (Å²) in [6, 6.07) is 10.0. The molecule has 0 atom stereocenters. The zero-order valence-corrected chi connectivity index (χ0v) is 20.0. The summed E-state index contributed by atoms with van der Waals surface area (Å²) >= 11 is 0. The Morgan fingerprint density at radius 3 is 1.35 bits per heavy atom. The van der Waals surface area contributed by atoms with Crippen molar-refractivity contribution in [2.75, 3.05) is 13.2 Å². The number of rotatable bonds is 9. The summed E-state index contributed by atoms with van der Waals surface area (Å²) in [5.74, 6) is -1.53. The molecule has 2 rings (SSSR count). The van der Waals surface area contributed by atoms with Crippen LogP contribution in [0.4, 0.5) is 0 Å². The van der Waals surface area contributed by atoms with E-state index >= 15 is 0 Å². The van der Waals surface area contributed by atoms with Crippen LogP contribution in [0.3, 0.4) is 0 Å². The molecule has 2 aromatic rings. The number of aryl methyl sites for hydroxylation is 2. The van der Waals surface area contributed by atoms with E-state index in [0.29, 0.717) is 22.3 Å². The third kappa shape index (κ3) is 5.75. The van der Waals surface area contributed by atoms with Gasteiger partial charge in [0, 0.05) is 37.5 Å². The lowest BCUT2D eigenvalue weighted by Gasteiger charge is -2.19. The van der Waals surface area contributed by atoms with E-state index in [1.54, 1.807) is 50.2 Å². The lowest BCUT2D eigenvalue weighted by molar-refractivity contribution is -0.563. The van der Waals surface area contributed by atoms with Gasteiger partial charge in [-0.15, -0.1) is 0 Å². The molecule has 0 heterocycles. The van der Waals surface area contributed by atoms with Crippen LogP contribution in [0, 0.1) is 34.1 Å². The predicted molar refractivity (Wildman–Crippen MR) is 124 cm³/mol. The highest BCUT2D eigenvalue weighted by atomic mass is 16.6.